The van der Waals surface area contributed by atoms with Crippen molar-refractivity contribution in [2.75, 3.05) is 0 Å². The van der Waals surface area contributed by atoms with Crippen LogP contribution in [-0.2, 0) is 0 Å². The molecule has 0 aliphatic rings. The van der Waals surface area contributed by atoms with Crippen molar-refractivity contribution >= 4 is 0 Å². The highest BCUT2D eigenvalue weighted by molar-refractivity contribution is 4.95. The lowest BCUT2D eigenvalue weighted by Crippen LogP contribution is -1.96. The molecule has 3 heteroatoms. The van der Waals surface area contributed by atoms with E-state index < -0.39 is 0 Å². The first kappa shape index (κ1) is 10.2. The van der Waals surface area contributed by atoms with Crippen molar-refractivity contribution in [3.05, 3.63) is 11.7 Å². The lowest BCUT2D eigenvalue weighted by atomic mass is 10.1. The van der Waals surface area contributed by atoms with Crippen molar-refractivity contribution in [3.63, 3.8) is 0 Å². The molecule has 0 saturated heterocycles. The summed E-state index contributed by atoms with van der Waals surface area (Å²) in [7, 11) is 0. The third kappa shape index (κ3) is 2.54. The summed E-state index contributed by atoms with van der Waals surface area (Å²) in [5.74, 6) is 2.35. The predicted octanol–water partition coefficient (Wildman–Crippen LogP) is 3.10. The molecule has 0 fully saturated rings. The van der Waals surface area contributed by atoms with E-state index in [1.165, 1.54) is 0 Å². The lowest BCUT2D eigenvalue weighted by molar-refractivity contribution is 0.357. The Bertz CT molecular complexity index is 255. The minimum Gasteiger partial charge on any atom is -0.339 e. The fraction of sp³-hybridized carbons (Fsp3) is 0.800. The van der Waals surface area contributed by atoms with Crippen LogP contribution in [0, 0.1) is 0 Å². The van der Waals surface area contributed by atoms with Gasteiger partial charge in [-0.2, -0.15) is 4.98 Å². The average molecular weight is 182 g/mol. The summed E-state index contributed by atoms with van der Waals surface area (Å²) < 4.78 is 5.13. The van der Waals surface area contributed by atoms with Crippen LogP contribution < -0.4 is 0 Å². The molecule has 0 amide bonds. The summed E-state index contributed by atoms with van der Waals surface area (Å²) in [5, 5.41) is 3.97. The van der Waals surface area contributed by atoms with Gasteiger partial charge in [-0.05, 0) is 6.42 Å². The summed E-state index contributed by atoms with van der Waals surface area (Å²) in [6.07, 6.45) is 2.28. The molecule has 1 heterocycles. The van der Waals surface area contributed by atoms with Gasteiger partial charge < -0.3 is 4.52 Å². The van der Waals surface area contributed by atoms with Crippen LogP contribution in [0.4, 0.5) is 0 Å². The molecule has 0 aromatic carbocycles. The molecule has 0 bridgehead atoms. The molecule has 0 saturated carbocycles. The molecular formula is C10H18N2O. The van der Waals surface area contributed by atoms with Crippen LogP contribution in [0.25, 0.3) is 0 Å². The maximum absolute atomic E-state index is 5.13. The van der Waals surface area contributed by atoms with E-state index in [0.29, 0.717) is 11.8 Å². The van der Waals surface area contributed by atoms with Gasteiger partial charge in [-0.1, -0.05) is 39.3 Å². The Morgan fingerprint density at radius 3 is 2.46 bits per heavy atom. The fourth-order valence-corrected chi connectivity index (χ4v) is 1.24. The van der Waals surface area contributed by atoms with E-state index >= 15 is 0 Å². The second kappa shape index (κ2) is 4.40. The van der Waals surface area contributed by atoms with E-state index in [1.807, 2.05) is 0 Å². The van der Waals surface area contributed by atoms with Crippen LogP contribution in [0.2, 0.25) is 0 Å². The number of hydrogen-bond donors (Lipinski definition) is 0. The fourth-order valence-electron chi connectivity index (χ4n) is 1.24. The van der Waals surface area contributed by atoms with Crippen molar-refractivity contribution in [3.8, 4) is 0 Å². The largest absolute Gasteiger partial charge is 0.339 e. The molecule has 1 unspecified atom stereocenters. The van der Waals surface area contributed by atoms with Crippen LogP contribution in [-0.4, -0.2) is 10.1 Å². The summed E-state index contributed by atoms with van der Waals surface area (Å²) in [5.41, 5.74) is 0. The van der Waals surface area contributed by atoms with Gasteiger partial charge in [0, 0.05) is 11.8 Å². The highest BCUT2D eigenvalue weighted by atomic mass is 16.5. The van der Waals surface area contributed by atoms with Gasteiger partial charge in [0.15, 0.2) is 5.82 Å². The summed E-state index contributed by atoms with van der Waals surface area (Å²) >= 11 is 0. The molecule has 13 heavy (non-hydrogen) atoms. The number of hydrogen-bond acceptors (Lipinski definition) is 3. The maximum Gasteiger partial charge on any atom is 0.229 e. The first-order valence-corrected chi connectivity index (χ1v) is 4.98. The highest BCUT2D eigenvalue weighted by Gasteiger charge is 2.14. The minimum absolute atomic E-state index is 0.329. The Kier molecular flexibility index (Phi) is 3.46. The topological polar surface area (TPSA) is 38.9 Å². The van der Waals surface area contributed by atoms with Crippen LogP contribution in [0.5, 0.6) is 0 Å². The van der Waals surface area contributed by atoms with Gasteiger partial charge in [0.2, 0.25) is 5.89 Å². The zero-order valence-corrected chi connectivity index (χ0v) is 8.87. The van der Waals surface area contributed by atoms with Crippen LogP contribution in [0.3, 0.4) is 0 Å². The van der Waals surface area contributed by atoms with Gasteiger partial charge in [-0.3, -0.25) is 0 Å². The zero-order valence-electron chi connectivity index (χ0n) is 8.87. The molecule has 3 nitrogen and oxygen atoms in total. The van der Waals surface area contributed by atoms with E-state index in [9.17, 15) is 0 Å². The molecule has 0 N–H and O–H groups in total. The van der Waals surface area contributed by atoms with Crippen molar-refractivity contribution in [1.29, 1.82) is 0 Å². The Balaban J connectivity index is 2.67. The monoisotopic (exact) mass is 182 g/mol. The van der Waals surface area contributed by atoms with E-state index in [0.717, 1.165) is 24.6 Å². The van der Waals surface area contributed by atoms with Gasteiger partial charge in [0.25, 0.3) is 0 Å². The lowest BCUT2D eigenvalue weighted by Gasteiger charge is -2.02. The molecule has 1 aromatic heterocycles. The molecule has 0 radical (unpaired) electrons. The Morgan fingerprint density at radius 1 is 1.31 bits per heavy atom. The predicted molar refractivity (Wildman–Crippen MR) is 51.7 cm³/mol. The quantitative estimate of drug-likeness (QED) is 0.718. The SMILES string of the molecule is CCCC(C)c1noc(C(C)C)n1. The van der Waals surface area contributed by atoms with E-state index in [4.69, 9.17) is 4.52 Å². The maximum atomic E-state index is 5.13. The number of rotatable bonds is 4. The average Bonchev–Trinajstić information content (AvgIpc) is 2.52. The second-order valence-corrected chi connectivity index (χ2v) is 3.84. The summed E-state index contributed by atoms with van der Waals surface area (Å²) in [4.78, 5) is 4.35. The number of nitrogens with zero attached hydrogens (tertiary/aromatic N) is 2. The normalized spacial score (nSPS) is 13.6. The van der Waals surface area contributed by atoms with Gasteiger partial charge in [0.05, 0.1) is 0 Å². The van der Waals surface area contributed by atoms with Crippen LogP contribution >= 0.6 is 0 Å². The first-order valence-electron chi connectivity index (χ1n) is 4.98. The van der Waals surface area contributed by atoms with E-state index in [1.54, 1.807) is 0 Å². The Hall–Kier alpha value is -0.860. The molecule has 0 spiro atoms. The highest BCUT2D eigenvalue weighted by Crippen LogP contribution is 2.19. The Labute approximate surface area is 79.5 Å². The van der Waals surface area contributed by atoms with Gasteiger partial charge in [-0.15, -0.1) is 0 Å². The van der Waals surface area contributed by atoms with Crippen molar-refractivity contribution in [1.82, 2.24) is 10.1 Å². The minimum atomic E-state index is 0.329. The Morgan fingerprint density at radius 2 is 2.00 bits per heavy atom. The van der Waals surface area contributed by atoms with Crippen molar-refractivity contribution in [2.24, 2.45) is 0 Å². The third-order valence-electron chi connectivity index (χ3n) is 2.11. The molecule has 74 valence electrons. The molecule has 1 rings (SSSR count). The molecule has 0 aliphatic heterocycles. The summed E-state index contributed by atoms with van der Waals surface area (Å²) in [6, 6.07) is 0. The van der Waals surface area contributed by atoms with E-state index in [2.05, 4.69) is 37.8 Å². The van der Waals surface area contributed by atoms with Crippen LogP contribution in [0.1, 0.15) is 64.1 Å². The number of aromatic nitrogens is 2. The van der Waals surface area contributed by atoms with Gasteiger partial charge in [0.1, 0.15) is 0 Å². The van der Waals surface area contributed by atoms with Crippen molar-refractivity contribution < 1.29 is 4.52 Å². The van der Waals surface area contributed by atoms with Crippen molar-refractivity contribution in [2.45, 2.75) is 52.4 Å². The molecule has 1 atom stereocenters. The molecule has 1 aromatic rings. The van der Waals surface area contributed by atoms with E-state index in [-0.39, 0.29) is 0 Å². The molecular weight excluding hydrogens is 164 g/mol. The molecule has 0 aliphatic carbocycles. The zero-order chi connectivity index (χ0) is 9.84. The summed E-state index contributed by atoms with van der Waals surface area (Å²) in [6.45, 7) is 8.42. The standard InChI is InChI=1S/C10H18N2O/c1-5-6-8(4)9-11-10(7(2)3)13-12-9/h7-8H,5-6H2,1-4H3. The van der Waals surface area contributed by atoms with Gasteiger partial charge in [-0.25, -0.2) is 0 Å². The smallest absolute Gasteiger partial charge is 0.229 e. The van der Waals surface area contributed by atoms with Crippen LogP contribution in [0.15, 0.2) is 4.52 Å². The first-order chi connectivity index (χ1) is 6.15. The second-order valence-electron chi connectivity index (χ2n) is 3.84. The van der Waals surface area contributed by atoms with Gasteiger partial charge >= 0.3 is 0 Å². The third-order valence-corrected chi connectivity index (χ3v) is 2.11.